The van der Waals surface area contributed by atoms with E-state index in [2.05, 4.69) is 46.9 Å². The minimum atomic E-state index is 0.345. The number of aromatic nitrogens is 1. The molecule has 0 N–H and O–H groups in total. The minimum absolute atomic E-state index is 0.345. The van der Waals surface area contributed by atoms with Gasteiger partial charge in [0.15, 0.2) is 0 Å². The SMILES string of the molecule is [N-]=[N+]=NCC=Cc1c(Br)cncc1Br. The molecule has 14 heavy (non-hydrogen) atoms. The summed E-state index contributed by atoms with van der Waals surface area (Å²) in [7, 11) is 0. The molecule has 0 amide bonds. The van der Waals surface area contributed by atoms with E-state index in [1.807, 2.05) is 6.08 Å². The van der Waals surface area contributed by atoms with Crippen molar-refractivity contribution in [1.29, 1.82) is 0 Å². The average Bonchev–Trinajstić information content (AvgIpc) is 2.16. The van der Waals surface area contributed by atoms with Gasteiger partial charge in [-0.2, -0.15) is 0 Å². The van der Waals surface area contributed by atoms with E-state index in [1.54, 1.807) is 18.5 Å². The second-order valence-corrected chi connectivity index (χ2v) is 4.04. The normalized spacial score (nSPS) is 10.1. The van der Waals surface area contributed by atoms with Crippen molar-refractivity contribution in [3.05, 3.63) is 43.4 Å². The third-order valence-electron chi connectivity index (χ3n) is 1.43. The largest absolute Gasteiger partial charge is 0.262 e. The third-order valence-corrected chi connectivity index (χ3v) is 2.69. The predicted molar refractivity (Wildman–Crippen MR) is 62.7 cm³/mol. The van der Waals surface area contributed by atoms with Gasteiger partial charge in [-0.3, -0.25) is 4.98 Å². The number of azide groups is 1. The molecule has 0 spiro atoms. The smallest absolute Gasteiger partial charge is 0.0443 e. The maximum atomic E-state index is 8.07. The summed E-state index contributed by atoms with van der Waals surface area (Å²) in [6.45, 7) is 0.345. The Labute approximate surface area is 97.9 Å². The zero-order valence-corrected chi connectivity index (χ0v) is 10.2. The Hall–Kier alpha value is -0.840. The third kappa shape index (κ3) is 3.14. The fourth-order valence-corrected chi connectivity index (χ4v) is 2.03. The molecular weight excluding hydrogens is 312 g/mol. The Kier molecular flexibility index (Phi) is 4.65. The second kappa shape index (κ2) is 5.80. The van der Waals surface area contributed by atoms with E-state index in [4.69, 9.17) is 5.53 Å². The number of halogens is 2. The number of hydrogen-bond acceptors (Lipinski definition) is 2. The van der Waals surface area contributed by atoms with E-state index in [0.29, 0.717) is 6.54 Å². The molecule has 0 saturated heterocycles. The molecule has 0 radical (unpaired) electrons. The lowest BCUT2D eigenvalue weighted by Crippen LogP contribution is -1.81. The molecular formula is C8H6Br2N4. The molecule has 1 rings (SSSR count). The lowest BCUT2D eigenvalue weighted by atomic mass is 10.2. The Bertz CT molecular complexity index is 376. The van der Waals surface area contributed by atoms with E-state index in [-0.39, 0.29) is 0 Å². The van der Waals surface area contributed by atoms with Crippen LogP contribution >= 0.6 is 31.9 Å². The van der Waals surface area contributed by atoms with Crippen molar-refractivity contribution < 1.29 is 0 Å². The Morgan fingerprint density at radius 2 is 2.07 bits per heavy atom. The van der Waals surface area contributed by atoms with Crippen LogP contribution in [0.2, 0.25) is 0 Å². The summed E-state index contributed by atoms with van der Waals surface area (Å²) in [5.74, 6) is 0. The van der Waals surface area contributed by atoms with Gasteiger partial charge in [0.2, 0.25) is 0 Å². The van der Waals surface area contributed by atoms with Crippen LogP contribution in [0.3, 0.4) is 0 Å². The maximum Gasteiger partial charge on any atom is 0.0443 e. The van der Waals surface area contributed by atoms with Crippen LogP contribution in [-0.4, -0.2) is 11.5 Å². The van der Waals surface area contributed by atoms with Crippen molar-refractivity contribution in [2.75, 3.05) is 6.54 Å². The highest BCUT2D eigenvalue weighted by atomic mass is 79.9. The zero-order valence-electron chi connectivity index (χ0n) is 7.06. The number of hydrogen-bond donors (Lipinski definition) is 0. The van der Waals surface area contributed by atoms with Crippen molar-refractivity contribution in [1.82, 2.24) is 4.98 Å². The molecule has 72 valence electrons. The van der Waals surface area contributed by atoms with Gasteiger partial charge in [-0.15, -0.1) is 0 Å². The first-order chi connectivity index (χ1) is 6.75. The molecule has 0 aliphatic carbocycles. The first-order valence-electron chi connectivity index (χ1n) is 3.72. The van der Waals surface area contributed by atoms with Gasteiger partial charge in [0.25, 0.3) is 0 Å². The maximum absolute atomic E-state index is 8.07. The van der Waals surface area contributed by atoms with Gasteiger partial charge in [-0.05, 0) is 37.4 Å². The van der Waals surface area contributed by atoms with Crippen molar-refractivity contribution in [3.8, 4) is 0 Å². The van der Waals surface area contributed by atoms with E-state index in [0.717, 1.165) is 14.5 Å². The van der Waals surface area contributed by atoms with Gasteiger partial charge < -0.3 is 0 Å². The van der Waals surface area contributed by atoms with E-state index in [9.17, 15) is 0 Å². The molecule has 4 nitrogen and oxygen atoms in total. The van der Waals surface area contributed by atoms with Crippen molar-refractivity contribution in [2.24, 2.45) is 5.11 Å². The summed E-state index contributed by atoms with van der Waals surface area (Å²) >= 11 is 6.74. The topological polar surface area (TPSA) is 61.7 Å². The zero-order chi connectivity index (χ0) is 10.4. The standard InChI is InChI=1S/C8H6Br2N4/c9-7-4-12-5-8(10)6(7)2-1-3-13-14-11/h1-2,4-5H,3H2. The Balaban J connectivity index is 2.85. The molecule has 6 heteroatoms. The molecule has 0 bridgehead atoms. The molecule has 0 aromatic carbocycles. The van der Waals surface area contributed by atoms with Crippen molar-refractivity contribution in [2.45, 2.75) is 0 Å². The van der Waals surface area contributed by atoms with E-state index < -0.39 is 0 Å². The quantitative estimate of drug-likeness (QED) is 0.473. The van der Waals surface area contributed by atoms with Crippen LogP contribution in [0.5, 0.6) is 0 Å². The van der Waals surface area contributed by atoms with Crippen LogP contribution in [0.1, 0.15) is 5.56 Å². The number of rotatable bonds is 3. The molecule has 1 aromatic rings. The predicted octanol–water partition coefficient (Wildman–Crippen LogP) is 3.93. The molecule has 0 saturated carbocycles. The highest BCUT2D eigenvalue weighted by Crippen LogP contribution is 2.24. The van der Waals surface area contributed by atoms with Crippen LogP contribution < -0.4 is 0 Å². The van der Waals surface area contributed by atoms with Gasteiger partial charge in [-0.25, -0.2) is 0 Å². The summed E-state index contributed by atoms with van der Waals surface area (Å²) < 4.78 is 1.79. The molecule has 0 fully saturated rings. The van der Waals surface area contributed by atoms with E-state index in [1.165, 1.54) is 0 Å². The van der Waals surface area contributed by atoms with E-state index >= 15 is 0 Å². The fraction of sp³-hybridized carbons (Fsp3) is 0.125. The molecule has 0 unspecified atom stereocenters. The highest BCUT2D eigenvalue weighted by Gasteiger charge is 2.00. The lowest BCUT2D eigenvalue weighted by Gasteiger charge is -1.99. The monoisotopic (exact) mass is 316 g/mol. The summed E-state index contributed by atoms with van der Waals surface area (Å²) in [6.07, 6.45) is 7.06. The Morgan fingerprint density at radius 3 is 2.64 bits per heavy atom. The summed E-state index contributed by atoms with van der Waals surface area (Å²) in [6, 6.07) is 0. The first-order valence-corrected chi connectivity index (χ1v) is 5.30. The number of nitrogens with zero attached hydrogens (tertiary/aromatic N) is 4. The summed E-state index contributed by atoms with van der Waals surface area (Å²) in [4.78, 5) is 6.63. The van der Waals surface area contributed by atoms with Crippen molar-refractivity contribution >= 4 is 37.9 Å². The second-order valence-electron chi connectivity index (χ2n) is 2.33. The highest BCUT2D eigenvalue weighted by molar-refractivity contribution is 9.11. The molecule has 0 aliphatic heterocycles. The minimum Gasteiger partial charge on any atom is -0.262 e. The van der Waals surface area contributed by atoms with Crippen LogP contribution in [0.25, 0.3) is 16.5 Å². The van der Waals surface area contributed by atoms with Crippen LogP contribution in [0, 0.1) is 0 Å². The Morgan fingerprint density at radius 1 is 1.43 bits per heavy atom. The van der Waals surface area contributed by atoms with Crippen LogP contribution in [0.4, 0.5) is 0 Å². The van der Waals surface area contributed by atoms with Gasteiger partial charge >= 0.3 is 0 Å². The summed E-state index contributed by atoms with van der Waals surface area (Å²) in [5.41, 5.74) is 9.05. The molecule has 0 atom stereocenters. The molecule has 0 aliphatic rings. The molecule has 1 heterocycles. The van der Waals surface area contributed by atoms with Gasteiger partial charge in [-0.1, -0.05) is 17.3 Å². The van der Waals surface area contributed by atoms with Gasteiger partial charge in [0.1, 0.15) is 0 Å². The summed E-state index contributed by atoms with van der Waals surface area (Å²) in [5, 5.41) is 3.39. The lowest BCUT2D eigenvalue weighted by molar-refractivity contribution is 1.22. The van der Waals surface area contributed by atoms with Crippen molar-refractivity contribution in [3.63, 3.8) is 0 Å². The first kappa shape index (κ1) is 11.2. The van der Waals surface area contributed by atoms with Crippen LogP contribution in [0.15, 0.2) is 32.5 Å². The van der Waals surface area contributed by atoms with Gasteiger partial charge in [0, 0.05) is 38.4 Å². The average molecular weight is 318 g/mol. The van der Waals surface area contributed by atoms with Crippen LogP contribution in [-0.2, 0) is 0 Å². The van der Waals surface area contributed by atoms with Gasteiger partial charge in [0.05, 0.1) is 0 Å². The molecule has 1 aromatic heterocycles. The fourth-order valence-electron chi connectivity index (χ4n) is 0.835. The number of pyridine rings is 1.